The third-order valence-electron chi connectivity index (χ3n) is 3.68. The van der Waals surface area contributed by atoms with E-state index in [4.69, 9.17) is 5.84 Å². The molecule has 1 heterocycles. The fraction of sp³-hybridized carbons (Fsp3) is 0.167. The van der Waals surface area contributed by atoms with Crippen molar-refractivity contribution in [2.75, 3.05) is 11.3 Å². The van der Waals surface area contributed by atoms with Crippen LogP contribution in [0.2, 0.25) is 0 Å². The molecule has 0 saturated carbocycles. The van der Waals surface area contributed by atoms with Crippen molar-refractivity contribution in [3.63, 3.8) is 0 Å². The Morgan fingerprint density at radius 1 is 1.15 bits per heavy atom. The number of nitrogens with zero attached hydrogens (tertiary/aromatic N) is 4. The van der Waals surface area contributed by atoms with E-state index in [1.807, 2.05) is 37.3 Å². The number of hydrazone groups is 1. The molecular weight excluding hydrogens is 351 g/mol. The average molecular weight is 370 g/mol. The van der Waals surface area contributed by atoms with Crippen LogP contribution in [0, 0.1) is 5.82 Å². The second kappa shape index (κ2) is 8.48. The summed E-state index contributed by atoms with van der Waals surface area (Å²) in [6, 6.07) is 16.2. The molecular formula is C18H19FN6S. The number of aromatic nitrogens is 3. The Bertz CT molecular complexity index is 876. The van der Waals surface area contributed by atoms with Crippen molar-refractivity contribution in [3.8, 4) is 0 Å². The zero-order valence-electron chi connectivity index (χ0n) is 14.3. The van der Waals surface area contributed by atoms with Gasteiger partial charge in [-0.1, -0.05) is 61.2 Å². The van der Waals surface area contributed by atoms with Gasteiger partial charge in [-0.25, -0.2) is 14.5 Å². The molecule has 26 heavy (non-hydrogen) atoms. The van der Waals surface area contributed by atoms with E-state index in [0.717, 1.165) is 23.3 Å². The minimum atomic E-state index is -0.254. The van der Waals surface area contributed by atoms with Gasteiger partial charge in [0, 0.05) is 5.75 Å². The van der Waals surface area contributed by atoms with Crippen molar-refractivity contribution in [1.82, 2.24) is 14.9 Å². The molecule has 3 rings (SSSR count). The molecule has 0 bridgehead atoms. The van der Waals surface area contributed by atoms with Crippen LogP contribution in [-0.2, 0) is 5.75 Å². The average Bonchev–Trinajstić information content (AvgIpc) is 3.02. The van der Waals surface area contributed by atoms with Crippen LogP contribution in [-0.4, -0.2) is 20.6 Å². The van der Waals surface area contributed by atoms with Crippen molar-refractivity contribution >= 4 is 23.4 Å². The maximum atomic E-state index is 12.9. The van der Waals surface area contributed by atoms with Crippen LogP contribution in [0.5, 0.6) is 0 Å². The number of halogens is 1. The van der Waals surface area contributed by atoms with E-state index in [9.17, 15) is 4.39 Å². The first-order chi connectivity index (χ1) is 12.7. The van der Waals surface area contributed by atoms with Gasteiger partial charge in [-0.2, -0.15) is 5.10 Å². The van der Waals surface area contributed by atoms with Crippen molar-refractivity contribution in [3.05, 3.63) is 71.5 Å². The molecule has 2 aromatic carbocycles. The van der Waals surface area contributed by atoms with Gasteiger partial charge in [-0.3, -0.25) is 0 Å². The minimum absolute atomic E-state index is 0.254. The molecule has 0 amide bonds. The lowest BCUT2D eigenvalue weighted by Gasteiger charge is -2.06. The molecule has 134 valence electrons. The fourth-order valence-electron chi connectivity index (χ4n) is 2.28. The molecule has 8 heteroatoms. The Morgan fingerprint density at radius 3 is 2.58 bits per heavy atom. The van der Waals surface area contributed by atoms with E-state index in [0.29, 0.717) is 16.9 Å². The fourth-order valence-corrected chi connectivity index (χ4v) is 3.09. The van der Waals surface area contributed by atoms with Gasteiger partial charge in [0.1, 0.15) is 5.82 Å². The highest BCUT2D eigenvalue weighted by Gasteiger charge is 2.10. The Morgan fingerprint density at radius 2 is 1.88 bits per heavy atom. The number of nitrogens with one attached hydrogen (secondary N) is 1. The Hall–Kier alpha value is -2.87. The third-order valence-corrected chi connectivity index (χ3v) is 4.69. The minimum Gasteiger partial charge on any atom is -0.334 e. The summed E-state index contributed by atoms with van der Waals surface area (Å²) in [6.07, 6.45) is 0.766. The number of hydrogen-bond acceptors (Lipinski definition) is 6. The smallest absolute Gasteiger partial charge is 0.264 e. The van der Waals surface area contributed by atoms with Crippen LogP contribution in [0.1, 0.15) is 24.5 Å². The van der Waals surface area contributed by atoms with Gasteiger partial charge in [0.2, 0.25) is 5.16 Å². The van der Waals surface area contributed by atoms with E-state index < -0.39 is 0 Å². The van der Waals surface area contributed by atoms with Gasteiger partial charge in [0.15, 0.2) is 0 Å². The van der Waals surface area contributed by atoms with E-state index in [1.54, 1.807) is 12.1 Å². The molecule has 3 N–H and O–H groups in total. The van der Waals surface area contributed by atoms with Gasteiger partial charge in [0.05, 0.1) is 5.71 Å². The lowest BCUT2D eigenvalue weighted by molar-refractivity contribution is 0.627. The molecule has 0 fully saturated rings. The number of thioether (sulfide) groups is 1. The summed E-state index contributed by atoms with van der Waals surface area (Å²) in [5.41, 5.74) is 5.79. The molecule has 3 aromatic rings. The van der Waals surface area contributed by atoms with Gasteiger partial charge < -0.3 is 5.84 Å². The molecule has 0 aliphatic heterocycles. The highest BCUT2D eigenvalue weighted by molar-refractivity contribution is 7.98. The second-order valence-electron chi connectivity index (χ2n) is 5.48. The normalized spacial score (nSPS) is 11.5. The van der Waals surface area contributed by atoms with Crippen LogP contribution in [0.25, 0.3) is 0 Å². The molecule has 1 aromatic heterocycles. The number of anilines is 1. The van der Waals surface area contributed by atoms with Crippen LogP contribution in [0.3, 0.4) is 0 Å². The lowest BCUT2D eigenvalue weighted by atomic mass is 10.1. The molecule has 0 atom stereocenters. The third kappa shape index (κ3) is 4.40. The quantitative estimate of drug-likeness (QED) is 0.287. The monoisotopic (exact) mass is 370 g/mol. The van der Waals surface area contributed by atoms with Crippen LogP contribution in [0.4, 0.5) is 10.3 Å². The summed E-state index contributed by atoms with van der Waals surface area (Å²) in [6.45, 7) is 2.03. The number of benzene rings is 2. The van der Waals surface area contributed by atoms with Crippen LogP contribution in [0.15, 0.2) is 64.9 Å². The molecule has 0 radical (unpaired) electrons. The number of rotatable bonds is 7. The molecule has 0 unspecified atom stereocenters. The molecule has 6 nitrogen and oxygen atoms in total. The van der Waals surface area contributed by atoms with Crippen molar-refractivity contribution in [2.24, 2.45) is 5.10 Å². The van der Waals surface area contributed by atoms with Crippen molar-refractivity contribution in [1.29, 1.82) is 0 Å². The summed E-state index contributed by atoms with van der Waals surface area (Å²) >= 11 is 1.42. The van der Waals surface area contributed by atoms with E-state index in [1.165, 1.54) is 28.6 Å². The first-order valence-corrected chi connectivity index (χ1v) is 9.11. The Labute approximate surface area is 155 Å². The summed E-state index contributed by atoms with van der Waals surface area (Å²) in [5, 5.41) is 13.0. The van der Waals surface area contributed by atoms with Gasteiger partial charge >= 0.3 is 0 Å². The summed E-state index contributed by atoms with van der Waals surface area (Å²) in [4.78, 5) is 0. The topological polar surface area (TPSA) is 81.1 Å². The van der Waals surface area contributed by atoms with E-state index in [2.05, 4.69) is 20.7 Å². The van der Waals surface area contributed by atoms with E-state index >= 15 is 0 Å². The largest absolute Gasteiger partial charge is 0.334 e. The molecule has 0 aliphatic carbocycles. The van der Waals surface area contributed by atoms with E-state index in [-0.39, 0.29) is 5.82 Å². The first kappa shape index (κ1) is 17.9. The van der Waals surface area contributed by atoms with Gasteiger partial charge in [-0.05, 0) is 29.7 Å². The first-order valence-electron chi connectivity index (χ1n) is 8.13. The van der Waals surface area contributed by atoms with Crippen molar-refractivity contribution < 1.29 is 4.39 Å². The summed E-state index contributed by atoms with van der Waals surface area (Å²) in [7, 11) is 0. The summed E-state index contributed by atoms with van der Waals surface area (Å²) < 4.78 is 14.3. The number of nitrogens with two attached hydrogens (primary N) is 1. The summed E-state index contributed by atoms with van der Waals surface area (Å²) in [5.74, 6) is 6.75. The van der Waals surface area contributed by atoms with Crippen LogP contribution >= 0.6 is 11.8 Å². The molecule has 0 saturated heterocycles. The zero-order valence-corrected chi connectivity index (χ0v) is 15.1. The highest BCUT2D eigenvalue weighted by Crippen LogP contribution is 2.21. The molecule has 0 spiro atoms. The lowest BCUT2D eigenvalue weighted by Crippen LogP contribution is -2.14. The maximum absolute atomic E-state index is 12.9. The second-order valence-corrected chi connectivity index (χ2v) is 6.42. The number of hydrogen-bond donors (Lipinski definition) is 2. The maximum Gasteiger partial charge on any atom is 0.264 e. The molecule has 0 aliphatic rings. The van der Waals surface area contributed by atoms with Crippen LogP contribution < -0.4 is 11.3 Å². The van der Waals surface area contributed by atoms with Gasteiger partial charge in [0.25, 0.3) is 5.95 Å². The Balaban J connectivity index is 1.66. The SMILES string of the molecule is CC/C(=N/Nc1nnc(SCc2ccc(F)cc2)n1N)c1ccccc1. The predicted octanol–water partition coefficient (Wildman–Crippen LogP) is 3.65. The Kier molecular flexibility index (Phi) is 5.85. The predicted molar refractivity (Wildman–Crippen MR) is 103 cm³/mol. The standard InChI is InChI=1S/C18H19FN6S/c1-2-16(14-6-4-3-5-7-14)21-22-17-23-24-18(25(17)20)26-12-13-8-10-15(19)11-9-13/h3-11H,2,12,20H2,1H3,(H,22,23)/b21-16-. The zero-order chi connectivity index (χ0) is 18.4. The highest BCUT2D eigenvalue weighted by atomic mass is 32.2. The van der Waals surface area contributed by atoms with Crippen molar-refractivity contribution in [2.45, 2.75) is 24.3 Å². The van der Waals surface area contributed by atoms with Gasteiger partial charge in [-0.15, -0.1) is 10.2 Å². The number of nitrogen functional groups attached to an aromatic ring is 1.